The summed E-state index contributed by atoms with van der Waals surface area (Å²) in [5.74, 6) is 0.422. The van der Waals surface area contributed by atoms with Gasteiger partial charge in [-0.15, -0.1) is 0 Å². The number of hydrogen-bond donors (Lipinski definition) is 1. The lowest BCUT2D eigenvalue weighted by molar-refractivity contribution is 0.859. The zero-order chi connectivity index (χ0) is 14.3. The molecule has 2 heterocycles. The number of aryl methyl sites for hydroxylation is 1. The molecular weight excluding hydrogens is 246 g/mol. The number of aromatic nitrogens is 3. The number of hydrogen-bond acceptors (Lipinski definition) is 2. The predicted molar refractivity (Wildman–Crippen MR) is 82.9 cm³/mol. The molecule has 2 aromatic heterocycles. The largest absolute Gasteiger partial charge is 0.280 e. The highest BCUT2D eigenvalue weighted by Crippen LogP contribution is 2.33. The Labute approximate surface area is 119 Å². The van der Waals surface area contributed by atoms with Crippen LogP contribution in [0.2, 0.25) is 0 Å². The summed E-state index contributed by atoms with van der Waals surface area (Å²) >= 11 is 0. The van der Waals surface area contributed by atoms with E-state index in [-0.39, 0.29) is 0 Å². The third-order valence-corrected chi connectivity index (χ3v) is 3.78. The summed E-state index contributed by atoms with van der Waals surface area (Å²) in [7, 11) is 0. The van der Waals surface area contributed by atoms with Crippen molar-refractivity contribution in [2.75, 3.05) is 0 Å². The molecule has 0 bridgehead atoms. The smallest absolute Gasteiger partial charge is 0.115 e. The maximum absolute atomic E-state index is 4.85. The van der Waals surface area contributed by atoms with Crippen LogP contribution in [0, 0.1) is 13.8 Å². The van der Waals surface area contributed by atoms with Gasteiger partial charge in [0.25, 0.3) is 0 Å². The first kappa shape index (κ1) is 12.9. The van der Waals surface area contributed by atoms with Crippen molar-refractivity contribution < 1.29 is 0 Å². The Kier molecular flexibility index (Phi) is 3.05. The maximum Gasteiger partial charge on any atom is 0.115 e. The average molecular weight is 265 g/mol. The molecule has 3 aromatic rings. The van der Waals surface area contributed by atoms with Crippen molar-refractivity contribution in [3.8, 4) is 11.3 Å². The van der Waals surface area contributed by atoms with E-state index in [9.17, 15) is 0 Å². The second kappa shape index (κ2) is 4.75. The van der Waals surface area contributed by atoms with Crippen molar-refractivity contribution in [2.45, 2.75) is 33.6 Å². The van der Waals surface area contributed by atoms with Crippen LogP contribution in [0.25, 0.3) is 22.3 Å². The van der Waals surface area contributed by atoms with Crippen LogP contribution in [0.4, 0.5) is 0 Å². The first-order valence-corrected chi connectivity index (χ1v) is 7.00. The number of rotatable bonds is 2. The van der Waals surface area contributed by atoms with Gasteiger partial charge in [0.15, 0.2) is 0 Å². The molecule has 0 saturated carbocycles. The monoisotopic (exact) mass is 265 g/mol. The zero-order valence-corrected chi connectivity index (χ0v) is 12.4. The SMILES string of the molecule is Cc1c(-c2ccccc2)nc2c(C)[nH]nc2c1C(C)C. The van der Waals surface area contributed by atoms with Gasteiger partial charge < -0.3 is 0 Å². The molecule has 0 amide bonds. The molecule has 20 heavy (non-hydrogen) atoms. The van der Waals surface area contributed by atoms with E-state index in [0.29, 0.717) is 5.92 Å². The van der Waals surface area contributed by atoms with E-state index >= 15 is 0 Å². The Balaban J connectivity index is 2.39. The Morgan fingerprint density at radius 1 is 1.00 bits per heavy atom. The zero-order valence-electron chi connectivity index (χ0n) is 12.4. The number of aromatic amines is 1. The average Bonchev–Trinajstić information content (AvgIpc) is 2.80. The summed E-state index contributed by atoms with van der Waals surface area (Å²) in [6.45, 7) is 8.59. The summed E-state index contributed by atoms with van der Waals surface area (Å²) in [5.41, 5.74) is 7.76. The van der Waals surface area contributed by atoms with Crippen LogP contribution < -0.4 is 0 Å². The van der Waals surface area contributed by atoms with Crippen LogP contribution in [0.1, 0.15) is 36.6 Å². The van der Waals surface area contributed by atoms with Crippen LogP contribution >= 0.6 is 0 Å². The van der Waals surface area contributed by atoms with E-state index in [1.54, 1.807) is 0 Å². The van der Waals surface area contributed by atoms with Gasteiger partial charge in [0.1, 0.15) is 11.0 Å². The standard InChI is InChI=1S/C17H19N3/c1-10(2)14-11(3)15(13-8-6-5-7-9-13)18-16-12(4)19-20-17(14)16/h5-10H,1-4H3,(H,19,20). The molecule has 0 unspecified atom stereocenters. The Hall–Kier alpha value is -2.16. The van der Waals surface area contributed by atoms with Gasteiger partial charge in [-0.1, -0.05) is 44.2 Å². The van der Waals surface area contributed by atoms with Crippen molar-refractivity contribution in [1.29, 1.82) is 0 Å². The lowest BCUT2D eigenvalue weighted by Crippen LogP contribution is -2.00. The summed E-state index contributed by atoms with van der Waals surface area (Å²) in [4.78, 5) is 4.85. The number of fused-ring (bicyclic) bond motifs is 1. The van der Waals surface area contributed by atoms with Gasteiger partial charge in [0.05, 0.1) is 11.4 Å². The molecule has 1 N–H and O–H groups in total. The topological polar surface area (TPSA) is 41.6 Å². The van der Waals surface area contributed by atoms with Gasteiger partial charge >= 0.3 is 0 Å². The van der Waals surface area contributed by atoms with Crippen LogP contribution in [0.15, 0.2) is 30.3 Å². The quantitative estimate of drug-likeness (QED) is 0.747. The van der Waals surface area contributed by atoms with E-state index in [0.717, 1.165) is 28.0 Å². The van der Waals surface area contributed by atoms with Crippen molar-refractivity contribution in [3.05, 3.63) is 47.2 Å². The molecule has 0 saturated heterocycles. The van der Waals surface area contributed by atoms with E-state index in [1.807, 2.05) is 13.0 Å². The Morgan fingerprint density at radius 3 is 2.35 bits per heavy atom. The minimum Gasteiger partial charge on any atom is -0.280 e. The maximum atomic E-state index is 4.85. The van der Waals surface area contributed by atoms with Crippen LogP contribution in [-0.4, -0.2) is 15.2 Å². The van der Waals surface area contributed by atoms with Gasteiger partial charge in [0.2, 0.25) is 0 Å². The van der Waals surface area contributed by atoms with Crippen LogP contribution in [0.5, 0.6) is 0 Å². The molecule has 0 spiro atoms. The summed E-state index contributed by atoms with van der Waals surface area (Å²) in [6.07, 6.45) is 0. The molecule has 0 aliphatic rings. The van der Waals surface area contributed by atoms with Gasteiger partial charge in [-0.25, -0.2) is 4.98 Å². The van der Waals surface area contributed by atoms with Crippen LogP contribution in [0.3, 0.4) is 0 Å². The molecule has 0 atom stereocenters. The number of nitrogens with one attached hydrogen (secondary N) is 1. The molecule has 0 fully saturated rings. The predicted octanol–water partition coefficient (Wildman–Crippen LogP) is 4.37. The third-order valence-electron chi connectivity index (χ3n) is 3.78. The molecule has 0 radical (unpaired) electrons. The summed E-state index contributed by atoms with van der Waals surface area (Å²) in [6, 6.07) is 10.4. The first-order valence-electron chi connectivity index (χ1n) is 7.00. The van der Waals surface area contributed by atoms with E-state index in [2.05, 4.69) is 55.2 Å². The van der Waals surface area contributed by atoms with Gasteiger partial charge in [-0.3, -0.25) is 5.10 Å². The fourth-order valence-electron chi connectivity index (χ4n) is 2.83. The number of nitrogens with zero attached hydrogens (tertiary/aromatic N) is 2. The lowest BCUT2D eigenvalue weighted by atomic mass is 9.93. The van der Waals surface area contributed by atoms with Crippen molar-refractivity contribution >= 4 is 11.0 Å². The van der Waals surface area contributed by atoms with E-state index < -0.39 is 0 Å². The second-order valence-electron chi connectivity index (χ2n) is 5.57. The molecule has 102 valence electrons. The molecule has 0 aliphatic carbocycles. The molecule has 3 rings (SSSR count). The van der Waals surface area contributed by atoms with Crippen LogP contribution in [-0.2, 0) is 0 Å². The highest BCUT2D eigenvalue weighted by atomic mass is 15.1. The Morgan fingerprint density at radius 2 is 1.70 bits per heavy atom. The normalized spacial score (nSPS) is 11.4. The minimum atomic E-state index is 0.422. The highest BCUT2D eigenvalue weighted by Gasteiger charge is 2.18. The number of H-pyrrole nitrogens is 1. The van der Waals surface area contributed by atoms with E-state index in [4.69, 9.17) is 4.98 Å². The van der Waals surface area contributed by atoms with Gasteiger partial charge in [-0.2, -0.15) is 5.10 Å². The first-order chi connectivity index (χ1) is 9.59. The fraction of sp³-hybridized carbons (Fsp3) is 0.294. The molecule has 1 aromatic carbocycles. The van der Waals surface area contributed by atoms with Crippen molar-refractivity contribution in [1.82, 2.24) is 15.2 Å². The molecule has 3 nitrogen and oxygen atoms in total. The van der Waals surface area contributed by atoms with Gasteiger partial charge in [0, 0.05) is 5.56 Å². The number of pyridine rings is 1. The molecular formula is C17H19N3. The fourth-order valence-corrected chi connectivity index (χ4v) is 2.83. The Bertz CT molecular complexity index is 755. The summed E-state index contributed by atoms with van der Waals surface area (Å²) in [5, 5.41) is 7.51. The molecule has 3 heteroatoms. The molecule has 0 aliphatic heterocycles. The minimum absolute atomic E-state index is 0.422. The van der Waals surface area contributed by atoms with Gasteiger partial charge in [-0.05, 0) is 30.9 Å². The van der Waals surface area contributed by atoms with E-state index in [1.165, 1.54) is 11.1 Å². The summed E-state index contributed by atoms with van der Waals surface area (Å²) < 4.78 is 0. The van der Waals surface area contributed by atoms with Crippen molar-refractivity contribution in [3.63, 3.8) is 0 Å². The lowest BCUT2D eigenvalue weighted by Gasteiger charge is -2.14. The second-order valence-corrected chi connectivity index (χ2v) is 5.57. The number of benzene rings is 1. The third kappa shape index (κ3) is 1.90. The highest BCUT2D eigenvalue weighted by molar-refractivity contribution is 5.86. The van der Waals surface area contributed by atoms with Crippen molar-refractivity contribution in [2.24, 2.45) is 0 Å².